The summed E-state index contributed by atoms with van der Waals surface area (Å²) >= 11 is 5.90. The van der Waals surface area contributed by atoms with Gasteiger partial charge < -0.3 is 24.4 Å². The molecule has 0 saturated carbocycles. The summed E-state index contributed by atoms with van der Waals surface area (Å²) in [6.45, 7) is 6.72. The largest absolute Gasteiger partial charge is 0.487 e. The summed E-state index contributed by atoms with van der Waals surface area (Å²) in [5, 5.41) is 3.41. The molecule has 2 saturated heterocycles. The number of nitrogens with zero attached hydrogens (tertiary/aromatic N) is 3. The number of aromatic nitrogens is 1. The number of carbonyl (C=O) groups excluding carboxylic acids is 2. The monoisotopic (exact) mass is 534 g/mol. The summed E-state index contributed by atoms with van der Waals surface area (Å²) in [5.74, 6) is 0.216. The van der Waals surface area contributed by atoms with Gasteiger partial charge in [0.15, 0.2) is 11.6 Å². The van der Waals surface area contributed by atoms with Crippen molar-refractivity contribution in [3.05, 3.63) is 46.7 Å². The van der Waals surface area contributed by atoms with E-state index in [2.05, 4.69) is 10.3 Å². The van der Waals surface area contributed by atoms with Crippen molar-refractivity contribution in [1.29, 1.82) is 0 Å². The Hall–Kier alpha value is -3.27. The second-order valence-corrected chi connectivity index (χ2v) is 10.5. The molecule has 2 amide bonds. The first-order valence-electron chi connectivity index (χ1n) is 12.2. The van der Waals surface area contributed by atoms with E-state index in [0.29, 0.717) is 48.8 Å². The van der Waals surface area contributed by atoms with E-state index in [1.807, 2.05) is 0 Å². The molecule has 4 rings (SSSR count). The number of pyridine rings is 1. The molecule has 0 radical (unpaired) electrons. The molecule has 0 bridgehead atoms. The van der Waals surface area contributed by atoms with Crippen LogP contribution >= 0.6 is 11.6 Å². The van der Waals surface area contributed by atoms with Crippen LogP contribution in [0.1, 0.15) is 39.2 Å². The summed E-state index contributed by atoms with van der Waals surface area (Å²) in [4.78, 5) is 32.9. The molecule has 1 unspecified atom stereocenters. The average Bonchev–Trinajstić information content (AvgIpc) is 3.30. The number of benzene rings is 1. The van der Waals surface area contributed by atoms with Crippen LogP contribution in [0, 0.1) is 5.82 Å². The van der Waals surface area contributed by atoms with Gasteiger partial charge in [-0.3, -0.25) is 9.69 Å². The predicted octanol–water partition coefficient (Wildman–Crippen LogP) is 4.17. The maximum absolute atomic E-state index is 15.0. The Morgan fingerprint density at radius 1 is 1.22 bits per heavy atom. The normalized spacial score (nSPS) is 17.8. The minimum Gasteiger partial charge on any atom is -0.487 e. The summed E-state index contributed by atoms with van der Waals surface area (Å²) < 4.78 is 31.7. The van der Waals surface area contributed by atoms with E-state index in [0.717, 1.165) is 0 Å². The van der Waals surface area contributed by atoms with Crippen molar-refractivity contribution in [3.8, 4) is 11.6 Å². The van der Waals surface area contributed by atoms with E-state index in [9.17, 15) is 14.0 Å². The number of ether oxygens (including phenoxy) is 3. The van der Waals surface area contributed by atoms with Gasteiger partial charge in [0.05, 0.1) is 20.2 Å². The lowest BCUT2D eigenvalue weighted by molar-refractivity contribution is -0.125. The zero-order chi connectivity index (χ0) is 26.7. The zero-order valence-electron chi connectivity index (χ0n) is 21.4. The lowest BCUT2D eigenvalue weighted by Gasteiger charge is -2.40. The van der Waals surface area contributed by atoms with Crippen LogP contribution in [0.25, 0.3) is 0 Å². The van der Waals surface area contributed by atoms with E-state index in [-0.39, 0.29) is 30.3 Å². The molecule has 1 N–H and O–H groups in total. The summed E-state index contributed by atoms with van der Waals surface area (Å²) in [6, 6.07) is 7.74. The molecule has 1 aromatic carbocycles. The Bertz CT molecular complexity index is 1140. The highest BCUT2D eigenvalue weighted by atomic mass is 35.5. The van der Waals surface area contributed by atoms with Gasteiger partial charge in [-0.05, 0) is 63.9 Å². The van der Waals surface area contributed by atoms with Gasteiger partial charge in [-0.25, -0.2) is 9.18 Å². The van der Waals surface area contributed by atoms with Crippen molar-refractivity contribution in [2.24, 2.45) is 0 Å². The number of halogens is 2. The number of hydrogen-bond donors (Lipinski definition) is 1. The Balaban J connectivity index is 1.35. The third-order valence-corrected chi connectivity index (χ3v) is 6.34. The average molecular weight is 535 g/mol. The fraction of sp³-hybridized carbons (Fsp3) is 0.500. The van der Waals surface area contributed by atoms with Gasteiger partial charge >= 0.3 is 6.09 Å². The van der Waals surface area contributed by atoms with E-state index in [1.165, 1.54) is 18.1 Å². The van der Waals surface area contributed by atoms with Crippen molar-refractivity contribution in [2.75, 3.05) is 31.6 Å². The van der Waals surface area contributed by atoms with Gasteiger partial charge in [0.25, 0.3) is 0 Å². The Morgan fingerprint density at radius 3 is 2.57 bits per heavy atom. The number of carbonyl (C=O) groups is 2. The smallest absolute Gasteiger partial charge is 0.410 e. The molecule has 0 aliphatic carbocycles. The lowest BCUT2D eigenvalue weighted by Crippen LogP contribution is -2.54. The summed E-state index contributed by atoms with van der Waals surface area (Å²) in [7, 11) is 1.44. The third-order valence-electron chi connectivity index (χ3n) is 6.09. The van der Waals surface area contributed by atoms with Gasteiger partial charge in [-0.1, -0.05) is 11.6 Å². The molecule has 2 aliphatic heterocycles. The lowest BCUT2D eigenvalue weighted by atomic mass is 10.1. The van der Waals surface area contributed by atoms with Crippen LogP contribution in [0.3, 0.4) is 0 Å². The summed E-state index contributed by atoms with van der Waals surface area (Å²) in [6.07, 6.45) is 0.603. The van der Waals surface area contributed by atoms with E-state index < -0.39 is 23.6 Å². The number of hydrogen-bond acceptors (Lipinski definition) is 7. The van der Waals surface area contributed by atoms with Crippen LogP contribution in [0.2, 0.25) is 5.02 Å². The van der Waals surface area contributed by atoms with Crippen LogP contribution in [-0.4, -0.2) is 66.4 Å². The molecule has 2 fully saturated rings. The molecule has 37 heavy (non-hydrogen) atoms. The zero-order valence-corrected chi connectivity index (χ0v) is 22.2. The molecule has 9 nitrogen and oxygen atoms in total. The quantitative estimate of drug-likeness (QED) is 0.570. The van der Waals surface area contributed by atoms with Crippen LogP contribution < -0.4 is 19.7 Å². The summed E-state index contributed by atoms with van der Waals surface area (Å²) in [5.41, 5.74) is -0.259. The first-order chi connectivity index (χ1) is 17.5. The van der Waals surface area contributed by atoms with Crippen molar-refractivity contribution in [3.63, 3.8) is 0 Å². The standard InChI is InChI=1S/C26H32ClFN4O5/c1-26(2,3)37-25(34)32-11-5-6-21(32)23(33)29-13-16-12-20(28)22(30-24(16)35-4)31-14-19(15-31)36-18-9-7-17(27)8-10-18/h7-10,12,19,21H,5-6,11,13-15H2,1-4H3,(H,29,33). The Kier molecular flexibility index (Phi) is 7.96. The van der Waals surface area contributed by atoms with Gasteiger partial charge in [0.1, 0.15) is 23.5 Å². The molecular weight excluding hydrogens is 503 g/mol. The van der Waals surface area contributed by atoms with Crippen molar-refractivity contribution in [1.82, 2.24) is 15.2 Å². The third kappa shape index (κ3) is 6.54. The number of methoxy groups -OCH3 is 1. The first kappa shape index (κ1) is 26.8. The molecule has 11 heteroatoms. The minimum absolute atomic E-state index is 0.00711. The van der Waals surface area contributed by atoms with Crippen molar-refractivity contribution >= 4 is 29.4 Å². The highest BCUT2D eigenvalue weighted by Crippen LogP contribution is 2.30. The fourth-order valence-corrected chi connectivity index (χ4v) is 4.42. The van der Waals surface area contributed by atoms with E-state index >= 15 is 0 Å². The van der Waals surface area contributed by atoms with Gasteiger partial charge in [-0.15, -0.1) is 0 Å². The van der Waals surface area contributed by atoms with E-state index in [1.54, 1.807) is 49.9 Å². The maximum atomic E-state index is 15.0. The molecule has 1 atom stereocenters. The van der Waals surface area contributed by atoms with Crippen LogP contribution in [0.4, 0.5) is 15.0 Å². The van der Waals surface area contributed by atoms with Crippen LogP contribution in [0.5, 0.6) is 11.6 Å². The Labute approximate surface area is 220 Å². The van der Waals surface area contributed by atoms with Crippen molar-refractivity contribution in [2.45, 2.75) is 57.9 Å². The second kappa shape index (κ2) is 11.0. The van der Waals surface area contributed by atoms with Gasteiger partial charge in [-0.2, -0.15) is 4.98 Å². The minimum atomic E-state index is -0.655. The molecule has 1 aromatic heterocycles. The molecule has 2 aromatic rings. The highest BCUT2D eigenvalue weighted by Gasteiger charge is 2.37. The predicted molar refractivity (Wildman–Crippen MR) is 137 cm³/mol. The number of likely N-dealkylation sites (tertiary alicyclic amines) is 1. The molecule has 2 aliphatic rings. The number of rotatable bonds is 7. The molecule has 3 heterocycles. The topological polar surface area (TPSA) is 93.2 Å². The number of amides is 2. The highest BCUT2D eigenvalue weighted by molar-refractivity contribution is 6.30. The van der Waals surface area contributed by atoms with Crippen molar-refractivity contribution < 1.29 is 28.2 Å². The van der Waals surface area contributed by atoms with E-state index in [4.69, 9.17) is 25.8 Å². The number of nitrogens with one attached hydrogen (secondary N) is 1. The molecule has 200 valence electrons. The Morgan fingerprint density at radius 2 is 1.92 bits per heavy atom. The number of anilines is 1. The fourth-order valence-electron chi connectivity index (χ4n) is 4.30. The SMILES string of the molecule is COc1nc(N2CC(Oc3ccc(Cl)cc3)C2)c(F)cc1CNC(=O)C1CCCN1C(=O)OC(C)(C)C. The van der Waals surface area contributed by atoms with Gasteiger partial charge in [0, 0.05) is 23.7 Å². The van der Waals surface area contributed by atoms with Gasteiger partial charge in [0.2, 0.25) is 11.8 Å². The first-order valence-corrected chi connectivity index (χ1v) is 12.6. The second-order valence-electron chi connectivity index (χ2n) is 10.1. The van der Waals surface area contributed by atoms with Crippen LogP contribution in [-0.2, 0) is 16.1 Å². The van der Waals surface area contributed by atoms with Crippen LogP contribution in [0.15, 0.2) is 30.3 Å². The molecular formula is C26H32ClFN4O5. The molecule has 0 spiro atoms. The maximum Gasteiger partial charge on any atom is 0.410 e.